The molecule has 3 amide bonds. The van der Waals surface area contributed by atoms with Crippen LogP contribution in [0.4, 0.5) is 15.3 Å². The van der Waals surface area contributed by atoms with E-state index in [0.717, 1.165) is 22.2 Å². The molecule has 0 aliphatic rings. The van der Waals surface area contributed by atoms with Crippen LogP contribution in [0, 0.1) is 0 Å². The number of nitrogens with two attached hydrogens (primary N) is 1. The van der Waals surface area contributed by atoms with Crippen LogP contribution in [0.2, 0.25) is 0 Å². The molecule has 0 spiro atoms. The van der Waals surface area contributed by atoms with E-state index in [2.05, 4.69) is 20.5 Å². The number of nitrogens with zero attached hydrogens (tertiary/aromatic N) is 4. The van der Waals surface area contributed by atoms with Crippen molar-refractivity contribution in [2.75, 3.05) is 17.8 Å². The molecule has 0 unspecified atom stereocenters. The average Bonchev–Trinajstić information content (AvgIpc) is 3.43. The molecule has 3 aromatic rings. The van der Waals surface area contributed by atoms with Crippen LogP contribution in [-0.2, 0) is 30.2 Å². The minimum atomic E-state index is -0.975. The number of ether oxygens (including phenoxy) is 3. The molecule has 0 aliphatic heterocycles. The molecule has 15 heteroatoms. The molecule has 3 N–H and O–H groups in total. The Morgan fingerprint density at radius 3 is 2.17 bits per heavy atom. The molecule has 2 aromatic carbocycles. The van der Waals surface area contributed by atoms with Crippen LogP contribution in [0.25, 0.3) is 11.5 Å². The molecular formula is C31H38N6O8S. The second-order valence-corrected chi connectivity index (χ2v) is 12.7. The van der Waals surface area contributed by atoms with E-state index >= 15 is 0 Å². The van der Waals surface area contributed by atoms with E-state index < -0.39 is 47.3 Å². The van der Waals surface area contributed by atoms with E-state index in [9.17, 15) is 19.2 Å². The molecule has 0 radical (unpaired) electrons. The fourth-order valence-electron chi connectivity index (χ4n) is 3.75. The number of amides is 3. The highest BCUT2D eigenvalue weighted by Gasteiger charge is 2.28. The molecule has 1 heterocycles. The highest BCUT2D eigenvalue weighted by molar-refractivity contribution is 7.99. The number of carbonyl (C=O) groups excluding carboxylic acids is 4. The minimum absolute atomic E-state index is 0.0933. The van der Waals surface area contributed by atoms with E-state index in [0.29, 0.717) is 5.56 Å². The lowest BCUT2D eigenvalue weighted by Crippen LogP contribution is -2.45. The van der Waals surface area contributed by atoms with Gasteiger partial charge in [-0.3, -0.25) is 4.79 Å². The summed E-state index contributed by atoms with van der Waals surface area (Å²) in [6, 6.07) is 14.6. The number of hydrogen-bond acceptors (Lipinski definition) is 11. The maximum absolute atomic E-state index is 13.1. The van der Waals surface area contributed by atoms with Crippen molar-refractivity contribution in [2.24, 2.45) is 10.7 Å². The predicted octanol–water partition coefficient (Wildman–Crippen LogP) is 4.72. The molecule has 0 saturated heterocycles. The Morgan fingerprint density at radius 2 is 1.59 bits per heavy atom. The van der Waals surface area contributed by atoms with Gasteiger partial charge in [-0.25, -0.2) is 19.3 Å². The first-order valence-electron chi connectivity index (χ1n) is 14.1. The third-order valence-corrected chi connectivity index (χ3v) is 6.43. The molecule has 0 bridgehead atoms. The first-order valence-corrected chi connectivity index (χ1v) is 15.1. The molecule has 0 saturated carbocycles. The number of guanidine groups is 1. The second-order valence-electron chi connectivity index (χ2n) is 11.8. The number of thioether (sulfide) groups is 1. The van der Waals surface area contributed by atoms with Gasteiger partial charge in [0.15, 0.2) is 0 Å². The summed E-state index contributed by atoms with van der Waals surface area (Å²) >= 11 is 0.992. The van der Waals surface area contributed by atoms with Crippen molar-refractivity contribution in [1.29, 1.82) is 0 Å². The van der Waals surface area contributed by atoms with Crippen molar-refractivity contribution in [1.82, 2.24) is 15.5 Å². The quantitative estimate of drug-likeness (QED) is 0.106. The SMILES string of the molecule is COC(=O)[C@H](Cc1ccccc1)NC(=O)CSc1nnc(-c2ccc(N(C(=O)OC(C)(C)C)C(N)=NC(=O)OC(C)(C)C)cc2)o1. The highest BCUT2D eigenvalue weighted by atomic mass is 32.2. The summed E-state index contributed by atoms with van der Waals surface area (Å²) in [6.45, 7) is 10.1. The lowest BCUT2D eigenvalue weighted by molar-refractivity contribution is -0.144. The molecule has 3 rings (SSSR count). The van der Waals surface area contributed by atoms with Gasteiger partial charge in [0.2, 0.25) is 17.8 Å². The van der Waals surface area contributed by atoms with E-state index in [1.165, 1.54) is 19.2 Å². The highest BCUT2D eigenvalue weighted by Crippen LogP contribution is 2.26. The average molecular weight is 655 g/mol. The smallest absolute Gasteiger partial charge is 0.437 e. The molecule has 14 nitrogen and oxygen atoms in total. The van der Waals surface area contributed by atoms with Crippen LogP contribution in [-0.4, -0.2) is 70.3 Å². The van der Waals surface area contributed by atoms with E-state index in [1.54, 1.807) is 53.7 Å². The number of nitrogens with one attached hydrogen (secondary N) is 1. The number of esters is 1. The maximum Gasteiger partial charge on any atom is 0.437 e. The van der Waals surface area contributed by atoms with Crippen LogP contribution in [0.15, 0.2) is 69.2 Å². The van der Waals surface area contributed by atoms with Crippen molar-refractivity contribution in [3.8, 4) is 11.5 Å². The van der Waals surface area contributed by atoms with Crippen molar-refractivity contribution in [3.05, 3.63) is 60.2 Å². The number of aromatic nitrogens is 2. The largest absolute Gasteiger partial charge is 0.467 e. The Labute approximate surface area is 271 Å². The van der Waals surface area contributed by atoms with Crippen LogP contribution >= 0.6 is 11.8 Å². The summed E-state index contributed by atoms with van der Waals surface area (Å²) in [7, 11) is 1.26. The lowest BCUT2D eigenvalue weighted by atomic mass is 10.1. The molecule has 0 aliphatic carbocycles. The van der Waals surface area contributed by atoms with Crippen molar-refractivity contribution >= 4 is 47.5 Å². The van der Waals surface area contributed by atoms with E-state index in [1.807, 2.05) is 30.3 Å². The van der Waals surface area contributed by atoms with Gasteiger partial charge in [-0.05, 0) is 71.4 Å². The van der Waals surface area contributed by atoms with Crippen LogP contribution in [0.3, 0.4) is 0 Å². The Hall–Kier alpha value is -4.92. The van der Waals surface area contributed by atoms with Gasteiger partial charge in [0.1, 0.15) is 17.2 Å². The summed E-state index contributed by atoms with van der Waals surface area (Å²) in [5, 5.41) is 10.8. The molecular weight excluding hydrogens is 616 g/mol. The molecule has 0 fully saturated rings. The topological polar surface area (TPSA) is 189 Å². The van der Waals surface area contributed by atoms with Gasteiger partial charge in [-0.15, -0.1) is 15.2 Å². The van der Waals surface area contributed by atoms with Gasteiger partial charge in [-0.1, -0.05) is 42.1 Å². The summed E-state index contributed by atoms with van der Waals surface area (Å²) in [4.78, 5) is 54.8. The Bertz CT molecular complexity index is 1550. The fraction of sp³-hybridized carbons (Fsp3) is 0.387. The molecule has 46 heavy (non-hydrogen) atoms. The van der Waals surface area contributed by atoms with Crippen molar-refractivity contribution < 1.29 is 37.8 Å². The summed E-state index contributed by atoms with van der Waals surface area (Å²) in [6.07, 6.45) is -1.57. The normalized spacial score (nSPS) is 12.5. The summed E-state index contributed by atoms with van der Waals surface area (Å²) in [5.41, 5.74) is 5.98. The van der Waals surface area contributed by atoms with Gasteiger partial charge in [0.05, 0.1) is 18.6 Å². The van der Waals surface area contributed by atoms with Crippen molar-refractivity contribution in [2.45, 2.75) is 70.4 Å². The zero-order valence-corrected chi connectivity index (χ0v) is 27.5. The number of benzene rings is 2. The number of carbonyl (C=O) groups is 4. The zero-order chi connectivity index (χ0) is 34.1. The third kappa shape index (κ3) is 11.2. The van der Waals surface area contributed by atoms with Gasteiger partial charge < -0.3 is 29.7 Å². The second kappa shape index (κ2) is 15.4. The van der Waals surface area contributed by atoms with Crippen LogP contribution in [0.5, 0.6) is 0 Å². The zero-order valence-electron chi connectivity index (χ0n) is 26.7. The first-order chi connectivity index (χ1) is 21.5. The Balaban J connectivity index is 1.70. The predicted molar refractivity (Wildman–Crippen MR) is 171 cm³/mol. The molecule has 1 aromatic heterocycles. The van der Waals surface area contributed by atoms with Gasteiger partial charge in [-0.2, -0.15) is 0 Å². The number of rotatable bonds is 9. The van der Waals surface area contributed by atoms with E-state index in [-0.39, 0.29) is 29.0 Å². The van der Waals surface area contributed by atoms with Gasteiger partial charge in [0, 0.05) is 12.0 Å². The first kappa shape index (κ1) is 35.6. The number of anilines is 1. The summed E-state index contributed by atoms with van der Waals surface area (Å²) < 4.78 is 21.2. The minimum Gasteiger partial charge on any atom is -0.467 e. The lowest BCUT2D eigenvalue weighted by Gasteiger charge is -2.26. The van der Waals surface area contributed by atoms with Crippen LogP contribution in [0.1, 0.15) is 47.1 Å². The maximum atomic E-state index is 13.1. The Morgan fingerprint density at radius 1 is 0.957 bits per heavy atom. The van der Waals surface area contributed by atoms with E-state index in [4.69, 9.17) is 24.4 Å². The third-order valence-electron chi connectivity index (χ3n) is 5.61. The monoisotopic (exact) mass is 654 g/mol. The molecule has 246 valence electrons. The number of methoxy groups -OCH3 is 1. The van der Waals surface area contributed by atoms with Gasteiger partial charge in [0.25, 0.3) is 5.22 Å². The fourth-order valence-corrected chi connectivity index (χ4v) is 4.33. The van der Waals surface area contributed by atoms with Gasteiger partial charge >= 0.3 is 18.2 Å². The summed E-state index contributed by atoms with van der Waals surface area (Å²) in [5.74, 6) is -1.39. The van der Waals surface area contributed by atoms with Crippen molar-refractivity contribution in [3.63, 3.8) is 0 Å². The Kier molecular flexibility index (Phi) is 11.9. The number of aliphatic imine (C=N–C) groups is 1. The molecule has 1 atom stereocenters. The van der Waals surface area contributed by atoms with Crippen LogP contribution < -0.4 is 16.0 Å². The standard InChI is InChI=1S/C31H38N6O8S/c1-30(2,3)44-27(40)34-26(32)37(29(41)45-31(4,5)6)21-15-13-20(14-16-21)24-35-36-28(43-24)46-18-23(38)33-22(25(39)42-7)17-19-11-9-8-10-12-19/h8-16,22H,17-18H2,1-7H3,(H,33,38)(H2,32,34,40)/t22-/m0/s1. The number of hydrogen-bond donors (Lipinski definition) is 2.